The van der Waals surface area contributed by atoms with Crippen LogP contribution in [0, 0.1) is 0 Å². The Morgan fingerprint density at radius 1 is 1.28 bits per heavy atom. The normalized spacial score (nSPS) is 26.2. The van der Waals surface area contributed by atoms with Gasteiger partial charge in [0.25, 0.3) is 0 Å². The number of rotatable bonds is 2. The Morgan fingerprint density at radius 3 is 2.78 bits per heavy atom. The Kier molecular flexibility index (Phi) is 3.39. The predicted octanol–water partition coefficient (Wildman–Crippen LogP) is 1.39. The topological polar surface area (TPSA) is 41.3 Å². The zero-order valence-electron chi connectivity index (χ0n) is 11.2. The van der Waals surface area contributed by atoms with Crippen molar-refractivity contribution in [3.63, 3.8) is 0 Å². The van der Waals surface area contributed by atoms with E-state index in [4.69, 9.17) is 0 Å². The van der Waals surface area contributed by atoms with E-state index in [0.717, 1.165) is 19.4 Å². The lowest BCUT2D eigenvalue weighted by Crippen LogP contribution is -2.34. The number of aromatic nitrogens is 2. The number of fused-ring (bicyclic) bond motifs is 1. The first-order chi connectivity index (χ1) is 8.78. The lowest BCUT2D eigenvalue weighted by molar-refractivity contribution is 0.141. The fourth-order valence-corrected chi connectivity index (χ4v) is 3.30. The maximum Gasteiger partial charge on any atom is 0.112 e. The highest BCUT2D eigenvalue weighted by atomic mass is 16.3. The lowest BCUT2D eigenvalue weighted by atomic mass is 9.95. The van der Waals surface area contributed by atoms with Crippen molar-refractivity contribution in [2.75, 3.05) is 19.6 Å². The first-order valence-corrected chi connectivity index (χ1v) is 7.22. The molecule has 1 N–H and O–H groups in total. The van der Waals surface area contributed by atoms with Crippen LogP contribution in [-0.2, 0) is 13.0 Å². The van der Waals surface area contributed by atoms with Crippen molar-refractivity contribution in [3.8, 4) is 0 Å². The van der Waals surface area contributed by atoms with Crippen LogP contribution >= 0.6 is 0 Å². The molecule has 0 aromatic carbocycles. The van der Waals surface area contributed by atoms with E-state index in [1.807, 2.05) is 6.20 Å². The summed E-state index contributed by atoms with van der Waals surface area (Å²) in [5.74, 6) is 1.89. The van der Waals surface area contributed by atoms with Crippen molar-refractivity contribution in [2.24, 2.45) is 0 Å². The van der Waals surface area contributed by atoms with E-state index in [-0.39, 0.29) is 6.10 Å². The summed E-state index contributed by atoms with van der Waals surface area (Å²) in [6.45, 7) is 6.75. The summed E-state index contributed by atoms with van der Waals surface area (Å²) < 4.78 is 2.36. The minimum Gasteiger partial charge on any atom is -0.393 e. The summed E-state index contributed by atoms with van der Waals surface area (Å²) in [4.78, 5) is 7.15. The van der Waals surface area contributed by atoms with E-state index in [1.165, 1.54) is 44.0 Å². The van der Waals surface area contributed by atoms with Gasteiger partial charge in [-0.1, -0.05) is 6.92 Å². The van der Waals surface area contributed by atoms with Gasteiger partial charge in [0.2, 0.25) is 0 Å². The largest absolute Gasteiger partial charge is 0.393 e. The number of hydrogen-bond donors (Lipinski definition) is 1. The average molecular weight is 249 g/mol. The van der Waals surface area contributed by atoms with Crippen LogP contribution in [0.2, 0.25) is 0 Å². The van der Waals surface area contributed by atoms with Crippen LogP contribution < -0.4 is 0 Å². The fourth-order valence-electron chi connectivity index (χ4n) is 3.30. The third-order valence-corrected chi connectivity index (χ3v) is 4.50. The van der Waals surface area contributed by atoms with Crippen LogP contribution in [0.5, 0.6) is 0 Å². The predicted molar refractivity (Wildman–Crippen MR) is 70.6 cm³/mol. The standard InChI is InChI=1S/C14H23N3O/c1-2-16-6-3-11(4-7-16)14-15-10-12-9-13(18)5-8-17(12)14/h10-11,13,18H,2-9H2,1H3. The number of aliphatic hydroxyl groups excluding tert-OH is 1. The van der Waals surface area contributed by atoms with Gasteiger partial charge in [0.1, 0.15) is 5.82 Å². The molecule has 0 radical (unpaired) electrons. The molecule has 1 saturated heterocycles. The molecule has 2 aliphatic rings. The molecule has 0 amide bonds. The number of nitrogens with zero attached hydrogens (tertiary/aromatic N) is 3. The number of likely N-dealkylation sites (tertiary alicyclic amines) is 1. The fraction of sp³-hybridized carbons (Fsp3) is 0.786. The minimum absolute atomic E-state index is 0.163. The second-order valence-corrected chi connectivity index (χ2v) is 5.61. The van der Waals surface area contributed by atoms with Gasteiger partial charge >= 0.3 is 0 Å². The molecule has 0 saturated carbocycles. The Balaban J connectivity index is 1.74. The Bertz CT molecular complexity index is 407. The molecular weight excluding hydrogens is 226 g/mol. The Labute approximate surface area is 109 Å². The molecule has 0 bridgehead atoms. The molecule has 4 heteroatoms. The molecule has 100 valence electrons. The molecule has 2 aliphatic heterocycles. The van der Waals surface area contributed by atoms with E-state index in [0.29, 0.717) is 5.92 Å². The third-order valence-electron chi connectivity index (χ3n) is 4.50. The second-order valence-electron chi connectivity index (χ2n) is 5.61. The Hall–Kier alpha value is -0.870. The van der Waals surface area contributed by atoms with Crippen LogP contribution in [0.25, 0.3) is 0 Å². The van der Waals surface area contributed by atoms with Gasteiger partial charge in [0.15, 0.2) is 0 Å². The summed E-state index contributed by atoms with van der Waals surface area (Å²) in [6.07, 6.45) is 5.93. The number of piperidine rings is 1. The zero-order valence-corrected chi connectivity index (χ0v) is 11.2. The van der Waals surface area contributed by atoms with Crippen LogP contribution in [0.15, 0.2) is 6.20 Å². The third kappa shape index (κ3) is 2.19. The minimum atomic E-state index is -0.163. The first-order valence-electron chi connectivity index (χ1n) is 7.22. The van der Waals surface area contributed by atoms with Crippen molar-refractivity contribution < 1.29 is 5.11 Å². The smallest absolute Gasteiger partial charge is 0.112 e. The molecule has 4 nitrogen and oxygen atoms in total. The monoisotopic (exact) mass is 249 g/mol. The van der Waals surface area contributed by atoms with E-state index >= 15 is 0 Å². The molecule has 1 fully saturated rings. The van der Waals surface area contributed by atoms with Crippen molar-refractivity contribution in [3.05, 3.63) is 17.7 Å². The quantitative estimate of drug-likeness (QED) is 0.861. The number of hydrogen-bond acceptors (Lipinski definition) is 3. The summed E-state index contributed by atoms with van der Waals surface area (Å²) in [5, 5.41) is 9.69. The van der Waals surface area contributed by atoms with E-state index in [1.54, 1.807) is 0 Å². The van der Waals surface area contributed by atoms with Crippen LogP contribution in [0.3, 0.4) is 0 Å². The van der Waals surface area contributed by atoms with Gasteiger partial charge in [0.05, 0.1) is 6.10 Å². The molecule has 0 spiro atoms. The highest BCUT2D eigenvalue weighted by Crippen LogP contribution is 2.29. The highest BCUT2D eigenvalue weighted by molar-refractivity contribution is 5.13. The zero-order chi connectivity index (χ0) is 12.5. The van der Waals surface area contributed by atoms with Gasteiger partial charge in [0, 0.05) is 30.8 Å². The molecule has 3 heterocycles. The molecule has 1 aromatic rings. The molecule has 18 heavy (non-hydrogen) atoms. The molecule has 3 rings (SSSR count). The summed E-state index contributed by atoms with van der Waals surface area (Å²) in [6, 6.07) is 0. The van der Waals surface area contributed by atoms with E-state index in [9.17, 15) is 5.11 Å². The lowest BCUT2D eigenvalue weighted by Gasteiger charge is -2.32. The van der Waals surface area contributed by atoms with Gasteiger partial charge in [-0.3, -0.25) is 0 Å². The molecule has 1 aromatic heterocycles. The van der Waals surface area contributed by atoms with Crippen molar-refractivity contribution in [1.82, 2.24) is 14.5 Å². The van der Waals surface area contributed by atoms with Gasteiger partial charge in [-0.15, -0.1) is 0 Å². The van der Waals surface area contributed by atoms with Crippen molar-refractivity contribution in [1.29, 1.82) is 0 Å². The summed E-state index contributed by atoms with van der Waals surface area (Å²) in [7, 11) is 0. The van der Waals surface area contributed by atoms with Crippen molar-refractivity contribution >= 4 is 0 Å². The maximum absolute atomic E-state index is 9.69. The van der Waals surface area contributed by atoms with Crippen LogP contribution in [-0.4, -0.2) is 45.3 Å². The molecule has 1 unspecified atom stereocenters. The summed E-state index contributed by atoms with van der Waals surface area (Å²) >= 11 is 0. The van der Waals surface area contributed by atoms with E-state index < -0.39 is 0 Å². The number of imidazole rings is 1. The van der Waals surface area contributed by atoms with Gasteiger partial charge < -0.3 is 14.6 Å². The van der Waals surface area contributed by atoms with Gasteiger partial charge in [-0.05, 0) is 38.9 Å². The molecule has 0 aliphatic carbocycles. The van der Waals surface area contributed by atoms with Gasteiger partial charge in [-0.25, -0.2) is 4.98 Å². The van der Waals surface area contributed by atoms with Crippen LogP contribution in [0.1, 0.15) is 43.6 Å². The van der Waals surface area contributed by atoms with E-state index in [2.05, 4.69) is 21.4 Å². The SMILES string of the molecule is CCN1CCC(c2ncc3n2CCC(O)C3)CC1. The highest BCUT2D eigenvalue weighted by Gasteiger charge is 2.26. The van der Waals surface area contributed by atoms with Gasteiger partial charge in [-0.2, -0.15) is 0 Å². The van der Waals surface area contributed by atoms with Crippen molar-refractivity contribution in [2.45, 2.75) is 51.2 Å². The first kappa shape index (κ1) is 12.2. The second kappa shape index (κ2) is 5.02. The summed E-state index contributed by atoms with van der Waals surface area (Å²) in [5.41, 5.74) is 1.22. The Morgan fingerprint density at radius 2 is 2.06 bits per heavy atom. The maximum atomic E-state index is 9.69. The molecular formula is C14H23N3O. The van der Waals surface area contributed by atoms with Crippen LogP contribution in [0.4, 0.5) is 0 Å². The average Bonchev–Trinajstić information content (AvgIpc) is 2.81. The number of aliphatic hydroxyl groups is 1. The molecule has 1 atom stereocenters.